The number of piperazine rings is 1. The molecule has 2 saturated heterocycles. The minimum absolute atomic E-state index is 0.0518. The summed E-state index contributed by atoms with van der Waals surface area (Å²) in [6.45, 7) is 10.2. The van der Waals surface area contributed by atoms with Crippen LogP contribution < -0.4 is 0 Å². The molecule has 6 nitrogen and oxygen atoms in total. The predicted molar refractivity (Wildman–Crippen MR) is 97.7 cm³/mol. The van der Waals surface area contributed by atoms with Crippen molar-refractivity contribution in [1.29, 1.82) is 5.26 Å². The molecule has 2 atom stereocenters. The molecule has 27 heavy (non-hydrogen) atoms. The molecule has 1 amide bonds. The molecule has 0 N–H and O–H groups in total. The lowest BCUT2D eigenvalue weighted by Crippen LogP contribution is -2.60. The zero-order chi connectivity index (χ0) is 19.8. The zero-order valence-corrected chi connectivity index (χ0v) is 16.3. The van der Waals surface area contributed by atoms with Crippen LogP contribution in [0.2, 0.25) is 0 Å². The molecule has 0 radical (unpaired) electrons. The number of carbonyl (C=O) groups excluding carboxylic acids is 1. The number of benzene rings is 1. The Hall–Kier alpha value is -2.17. The van der Waals surface area contributed by atoms with Gasteiger partial charge in [-0.2, -0.15) is 5.26 Å². The lowest BCUT2D eigenvalue weighted by atomic mass is 9.97. The van der Waals surface area contributed by atoms with Crippen LogP contribution in [0.5, 0.6) is 0 Å². The molecule has 0 unspecified atom stereocenters. The number of halogens is 1. The number of rotatable bonds is 1. The molecule has 2 aliphatic rings. The Labute approximate surface area is 159 Å². The zero-order valence-electron chi connectivity index (χ0n) is 16.3. The Bertz CT molecular complexity index is 769. The molecule has 3 rings (SSSR count). The van der Waals surface area contributed by atoms with Gasteiger partial charge in [-0.25, -0.2) is 9.18 Å². The summed E-state index contributed by atoms with van der Waals surface area (Å²) in [6, 6.07) is 5.25. The van der Waals surface area contributed by atoms with Crippen molar-refractivity contribution >= 4 is 6.09 Å². The number of ether oxygens (including phenoxy) is 2. The highest BCUT2D eigenvalue weighted by molar-refractivity contribution is 5.68. The van der Waals surface area contributed by atoms with E-state index in [0.717, 1.165) is 12.1 Å². The van der Waals surface area contributed by atoms with Crippen molar-refractivity contribution in [3.8, 4) is 6.07 Å². The van der Waals surface area contributed by atoms with Crippen molar-refractivity contribution in [2.24, 2.45) is 0 Å². The quantitative estimate of drug-likeness (QED) is 0.755. The smallest absolute Gasteiger partial charge is 0.410 e. The monoisotopic (exact) mass is 375 g/mol. The van der Waals surface area contributed by atoms with E-state index in [2.05, 4.69) is 4.90 Å². The van der Waals surface area contributed by atoms with Crippen molar-refractivity contribution in [2.45, 2.75) is 45.4 Å². The number of nitrogens with zero attached hydrogens (tertiary/aromatic N) is 3. The molecule has 2 aliphatic heterocycles. The number of morpholine rings is 1. The van der Waals surface area contributed by atoms with E-state index in [1.165, 1.54) is 6.07 Å². The summed E-state index contributed by atoms with van der Waals surface area (Å²) in [4.78, 5) is 16.3. The summed E-state index contributed by atoms with van der Waals surface area (Å²) >= 11 is 0. The van der Waals surface area contributed by atoms with E-state index in [-0.39, 0.29) is 23.8 Å². The van der Waals surface area contributed by atoms with Crippen LogP contribution in [-0.4, -0.2) is 60.3 Å². The first kappa shape index (κ1) is 19.6. The molecule has 146 valence electrons. The van der Waals surface area contributed by atoms with Crippen LogP contribution in [0.4, 0.5) is 9.18 Å². The Morgan fingerprint density at radius 3 is 2.74 bits per heavy atom. The fourth-order valence-electron chi connectivity index (χ4n) is 3.60. The summed E-state index contributed by atoms with van der Waals surface area (Å²) in [5, 5.41) is 8.97. The van der Waals surface area contributed by atoms with E-state index >= 15 is 0 Å². The van der Waals surface area contributed by atoms with Crippen molar-refractivity contribution < 1.29 is 18.7 Å². The number of carbonyl (C=O) groups is 1. The average molecular weight is 375 g/mol. The third-order valence-electron chi connectivity index (χ3n) is 5.04. The molecule has 0 aliphatic carbocycles. The topological polar surface area (TPSA) is 65.8 Å². The lowest BCUT2D eigenvalue weighted by molar-refractivity contribution is -0.0908. The van der Waals surface area contributed by atoms with Crippen LogP contribution in [0.15, 0.2) is 12.1 Å². The van der Waals surface area contributed by atoms with E-state index in [1.54, 1.807) is 17.9 Å². The molecule has 0 bridgehead atoms. The molecular formula is C20H26FN3O3. The van der Waals surface area contributed by atoms with Crippen LogP contribution in [0.1, 0.15) is 43.6 Å². The normalized spacial score (nSPS) is 23.5. The molecule has 2 heterocycles. The summed E-state index contributed by atoms with van der Waals surface area (Å²) in [7, 11) is 0. The summed E-state index contributed by atoms with van der Waals surface area (Å²) < 4.78 is 25.7. The van der Waals surface area contributed by atoms with Crippen LogP contribution in [-0.2, 0) is 9.47 Å². The second-order valence-electron chi connectivity index (χ2n) is 8.15. The number of hydrogen-bond acceptors (Lipinski definition) is 5. The standard InChI is InChI=1S/C20H26FN3O3/c1-13-16(6-5-14(9-22)18(13)21)17-11-23-7-8-24(10-15(23)12-26-17)19(25)27-20(2,3)4/h5-6,15,17H,7-8,10-12H2,1-4H3/t15-,17+/m0/s1. The molecule has 1 aromatic rings. The van der Waals surface area contributed by atoms with Gasteiger partial charge in [0, 0.05) is 26.2 Å². The number of fused-ring (bicyclic) bond motifs is 1. The Morgan fingerprint density at radius 1 is 1.33 bits per heavy atom. The average Bonchev–Trinajstić information content (AvgIpc) is 2.61. The molecule has 2 fully saturated rings. The largest absolute Gasteiger partial charge is 0.444 e. The van der Waals surface area contributed by atoms with Crippen LogP contribution >= 0.6 is 0 Å². The first-order valence-corrected chi connectivity index (χ1v) is 9.22. The third-order valence-corrected chi connectivity index (χ3v) is 5.04. The first-order valence-electron chi connectivity index (χ1n) is 9.22. The van der Waals surface area contributed by atoms with E-state index in [9.17, 15) is 9.18 Å². The van der Waals surface area contributed by atoms with E-state index in [4.69, 9.17) is 14.7 Å². The van der Waals surface area contributed by atoms with Gasteiger partial charge >= 0.3 is 6.09 Å². The maximum absolute atomic E-state index is 14.3. The number of nitriles is 1. The Balaban J connectivity index is 1.66. The fourth-order valence-corrected chi connectivity index (χ4v) is 3.60. The minimum atomic E-state index is -0.514. The highest BCUT2D eigenvalue weighted by Gasteiger charge is 2.37. The minimum Gasteiger partial charge on any atom is -0.444 e. The SMILES string of the molecule is Cc1c([C@H]2CN3CCN(C(=O)OC(C)(C)C)C[C@H]3CO2)ccc(C#N)c1F. The van der Waals surface area contributed by atoms with Gasteiger partial charge in [-0.05, 0) is 44.9 Å². The van der Waals surface area contributed by atoms with Crippen molar-refractivity contribution in [3.63, 3.8) is 0 Å². The Morgan fingerprint density at radius 2 is 2.07 bits per heavy atom. The highest BCUT2D eigenvalue weighted by Crippen LogP contribution is 2.31. The van der Waals surface area contributed by atoms with Gasteiger partial charge in [0.15, 0.2) is 0 Å². The molecule has 0 aromatic heterocycles. The third kappa shape index (κ3) is 4.23. The van der Waals surface area contributed by atoms with Crippen LogP contribution in [0.25, 0.3) is 0 Å². The van der Waals surface area contributed by atoms with Gasteiger partial charge in [-0.1, -0.05) is 6.07 Å². The maximum atomic E-state index is 14.3. The van der Waals surface area contributed by atoms with Crippen molar-refractivity contribution in [2.75, 3.05) is 32.8 Å². The van der Waals surface area contributed by atoms with Gasteiger partial charge in [-0.3, -0.25) is 4.90 Å². The maximum Gasteiger partial charge on any atom is 0.410 e. The number of hydrogen-bond donors (Lipinski definition) is 0. The summed E-state index contributed by atoms with van der Waals surface area (Å²) in [6.07, 6.45) is -0.536. The van der Waals surface area contributed by atoms with Crippen molar-refractivity contribution in [3.05, 3.63) is 34.6 Å². The molecule has 0 spiro atoms. The van der Waals surface area contributed by atoms with Crippen LogP contribution in [0.3, 0.4) is 0 Å². The molecule has 7 heteroatoms. The number of amides is 1. The van der Waals surface area contributed by atoms with Crippen molar-refractivity contribution in [1.82, 2.24) is 9.80 Å². The lowest BCUT2D eigenvalue weighted by Gasteiger charge is -2.46. The van der Waals surface area contributed by atoms with Gasteiger partial charge in [0.25, 0.3) is 0 Å². The van der Waals surface area contributed by atoms with Gasteiger partial charge < -0.3 is 14.4 Å². The second-order valence-corrected chi connectivity index (χ2v) is 8.15. The second kappa shape index (κ2) is 7.45. The fraction of sp³-hybridized carbons (Fsp3) is 0.600. The molecule has 1 aromatic carbocycles. The van der Waals surface area contributed by atoms with Gasteiger partial charge in [0.2, 0.25) is 0 Å². The summed E-state index contributed by atoms with van der Waals surface area (Å²) in [5.41, 5.74) is 0.778. The molecular weight excluding hydrogens is 349 g/mol. The predicted octanol–water partition coefficient (Wildman–Crippen LogP) is 3.00. The van der Waals surface area contributed by atoms with E-state index in [1.807, 2.05) is 26.8 Å². The van der Waals surface area contributed by atoms with Gasteiger partial charge in [-0.15, -0.1) is 0 Å². The highest BCUT2D eigenvalue weighted by atomic mass is 19.1. The van der Waals surface area contributed by atoms with Gasteiger partial charge in [0.1, 0.15) is 17.5 Å². The summed E-state index contributed by atoms with van der Waals surface area (Å²) in [5.74, 6) is -0.476. The molecule has 0 saturated carbocycles. The van der Waals surface area contributed by atoms with Gasteiger partial charge in [0.05, 0.1) is 24.3 Å². The van der Waals surface area contributed by atoms with E-state index in [0.29, 0.717) is 31.8 Å². The Kier molecular flexibility index (Phi) is 5.41. The van der Waals surface area contributed by atoms with Crippen LogP contribution in [0, 0.1) is 24.1 Å². The van der Waals surface area contributed by atoms with E-state index < -0.39 is 11.4 Å². The first-order chi connectivity index (χ1) is 12.7.